The van der Waals surface area contributed by atoms with E-state index in [-0.39, 0.29) is 23.4 Å². The average molecular weight is 279 g/mol. The molecule has 1 aliphatic heterocycles. The van der Waals surface area contributed by atoms with Crippen molar-refractivity contribution < 1.29 is 14.0 Å². The lowest BCUT2D eigenvalue weighted by molar-refractivity contribution is -0.119. The van der Waals surface area contributed by atoms with Gasteiger partial charge in [0, 0.05) is 24.6 Å². The van der Waals surface area contributed by atoms with E-state index in [9.17, 15) is 14.0 Å². The Kier molecular flexibility index (Phi) is 4.34. The molecular weight excluding hydrogens is 261 g/mol. The molecule has 0 aromatic heterocycles. The predicted octanol–water partition coefficient (Wildman–Crippen LogP) is 1.50. The van der Waals surface area contributed by atoms with E-state index < -0.39 is 5.82 Å². The van der Waals surface area contributed by atoms with Gasteiger partial charge in [-0.15, -0.1) is 0 Å². The molecule has 1 atom stereocenters. The molecule has 0 radical (unpaired) electrons. The zero-order valence-corrected chi connectivity index (χ0v) is 11.5. The van der Waals surface area contributed by atoms with Gasteiger partial charge in [0.1, 0.15) is 5.82 Å². The quantitative estimate of drug-likeness (QED) is 0.782. The van der Waals surface area contributed by atoms with Gasteiger partial charge in [-0.2, -0.15) is 0 Å². The van der Waals surface area contributed by atoms with Gasteiger partial charge in [-0.3, -0.25) is 9.59 Å². The smallest absolute Gasteiger partial charge is 0.228 e. The predicted molar refractivity (Wildman–Crippen MR) is 75.1 cm³/mol. The maximum atomic E-state index is 13.9. The van der Waals surface area contributed by atoms with Crippen molar-refractivity contribution in [3.63, 3.8) is 0 Å². The molecule has 1 aromatic rings. The number of anilines is 2. The van der Waals surface area contributed by atoms with Gasteiger partial charge in [-0.05, 0) is 31.2 Å². The van der Waals surface area contributed by atoms with Crippen LogP contribution in [0.25, 0.3) is 0 Å². The molecule has 0 saturated carbocycles. The molecule has 3 N–H and O–H groups in total. The van der Waals surface area contributed by atoms with Crippen molar-refractivity contribution in [2.45, 2.75) is 19.8 Å². The molecule has 2 amide bonds. The van der Waals surface area contributed by atoms with Crippen LogP contribution in [0.5, 0.6) is 0 Å². The van der Waals surface area contributed by atoms with Crippen LogP contribution in [0.2, 0.25) is 0 Å². The highest BCUT2D eigenvalue weighted by Crippen LogP contribution is 2.28. The van der Waals surface area contributed by atoms with Crippen LogP contribution in [0.1, 0.15) is 18.9 Å². The van der Waals surface area contributed by atoms with Crippen molar-refractivity contribution in [1.29, 1.82) is 0 Å². The van der Waals surface area contributed by atoms with Crippen molar-refractivity contribution in [1.82, 2.24) is 5.32 Å². The number of amides is 2. The lowest BCUT2D eigenvalue weighted by Crippen LogP contribution is -2.29. The molecule has 108 valence electrons. The molecule has 2 rings (SSSR count). The number of rotatable bonds is 4. The Morgan fingerprint density at radius 2 is 2.20 bits per heavy atom. The zero-order valence-electron chi connectivity index (χ0n) is 11.5. The number of nitrogens with one attached hydrogen (secondary N) is 3. The normalized spacial score (nSPS) is 15.2. The number of fused-ring (bicyclic) bond motifs is 1. The first-order chi connectivity index (χ1) is 9.51. The lowest BCUT2D eigenvalue weighted by Gasteiger charge is -2.19. The summed E-state index contributed by atoms with van der Waals surface area (Å²) >= 11 is 0. The Morgan fingerprint density at radius 1 is 1.45 bits per heavy atom. The van der Waals surface area contributed by atoms with Gasteiger partial charge >= 0.3 is 0 Å². The molecule has 1 heterocycles. The zero-order chi connectivity index (χ0) is 14.7. The molecular formula is C14H18FN3O2. The highest BCUT2D eigenvalue weighted by molar-refractivity contribution is 5.97. The minimum atomic E-state index is -0.482. The van der Waals surface area contributed by atoms with E-state index in [2.05, 4.69) is 16.0 Å². The first-order valence-electron chi connectivity index (χ1n) is 6.59. The Hall–Kier alpha value is -1.95. The second-order valence-corrected chi connectivity index (χ2v) is 4.99. The van der Waals surface area contributed by atoms with Gasteiger partial charge in [-0.1, -0.05) is 6.92 Å². The number of aryl methyl sites for hydroxylation is 1. The van der Waals surface area contributed by atoms with E-state index in [0.29, 0.717) is 25.1 Å². The summed E-state index contributed by atoms with van der Waals surface area (Å²) in [5, 5.41) is 8.13. The summed E-state index contributed by atoms with van der Waals surface area (Å²) in [7, 11) is 1.75. The van der Waals surface area contributed by atoms with E-state index in [4.69, 9.17) is 0 Å². The minimum absolute atomic E-state index is 0.0927. The highest BCUT2D eigenvalue weighted by Gasteiger charge is 2.19. The third-order valence-corrected chi connectivity index (χ3v) is 3.30. The van der Waals surface area contributed by atoms with Crippen LogP contribution in [0.3, 0.4) is 0 Å². The second kappa shape index (κ2) is 6.00. The van der Waals surface area contributed by atoms with E-state index >= 15 is 0 Å². The number of hydrogen-bond donors (Lipinski definition) is 3. The van der Waals surface area contributed by atoms with E-state index in [0.717, 1.165) is 5.56 Å². The van der Waals surface area contributed by atoms with Crippen LogP contribution in [0.15, 0.2) is 12.1 Å². The molecule has 0 spiro atoms. The number of benzene rings is 1. The Morgan fingerprint density at radius 3 is 2.90 bits per heavy atom. The van der Waals surface area contributed by atoms with Crippen molar-refractivity contribution in [3.05, 3.63) is 23.5 Å². The Balaban J connectivity index is 2.18. The van der Waals surface area contributed by atoms with Crippen molar-refractivity contribution >= 4 is 23.2 Å². The number of halogens is 1. The van der Waals surface area contributed by atoms with Crippen LogP contribution in [-0.4, -0.2) is 25.4 Å². The number of carbonyl (C=O) groups excluding carboxylic acids is 2. The van der Waals surface area contributed by atoms with Crippen molar-refractivity contribution in [2.75, 3.05) is 24.2 Å². The van der Waals surface area contributed by atoms with Gasteiger partial charge in [0.2, 0.25) is 11.8 Å². The van der Waals surface area contributed by atoms with Crippen molar-refractivity contribution in [3.8, 4) is 0 Å². The van der Waals surface area contributed by atoms with E-state index in [1.807, 2.05) is 0 Å². The van der Waals surface area contributed by atoms with Crippen LogP contribution in [0, 0.1) is 11.7 Å². The summed E-state index contributed by atoms with van der Waals surface area (Å²) in [5.41, 5.74) is 1.42. The topological polar surface area (TPSA) is 70.2 Å². The molecule has 0 saturated heterocycles. The SMILES string of the molecule is CNCC(C)C(=O)Nc1cc2c(cc1F)CCC(=O)N2. The Bertz CT molecular complexity index is 545. The first kappa shape index (κ1) is 14.5. The van der Waals surface area contributed by atoms with E-state index in [1.165, 1.54) is 12.1 Å². The third-order valence-electron chi connectivity index (χ3n) is 3.30. The van der Waals surface area contributed by atoms with Gasteiger partial charge in [0.15, 0.2) is 0 Å². The molecule has 6 heteroatoms. The first-order valence-corrected chi connectivity index (χ1v) is 6.59. The fourth-order valence-corrected chi connectivity index (χ4v) is 2.15. The highest BCUT2D eigenvalue weighted by atomic mass is 19.1. The van der Waals surface area contributed by atoms with Gasteiger partial charge in [0.25, 0.3) is 0 Å². The van der Waals surface area contributed by atoms with Crippen LogP contribution in [-0.2, 0) is 16.0 Å². The van der Waals surface area contributed by atoms with Crippen LogP contribution < -0.4 is 16.0 Å². The number of carbonyl (C=O) groups is 2. The fourth-order valence-electron chi connectivity index (χ4n) is 2.15. The second-order valence-electron chi connectivity index (χ2n) is 4.99. The molecule has 1 aliphatic rings. The number of hydrogen-bond acceptors (Lipinski definition) is 3. The minimum Gasteiger partial charge on any atom is -0.326 e. The van der Waals surface area contributed by atoms with E-state index in [1.54, 1.807) is 14.0 Å². The summed E-state index contributed by atoms with van der Waals surface area (Å²) in [6.07, 6.45) is 0.875. The maximum Gasteiger partial charge on any atom is 0.228 e. The van der Waals surface area contributed by atoms with Gasteiger partial charge < -0.3 is 16.0 Å². The molecule has 20 heavy (non-hydrogen) atoms. The molecule has 5 nitrogen and oxygen atoms in total. The summed E-state index contributed by atoms with van der Waals surface area (Å²) in [5.74, 6) is -1.11. The lowest BCUT2D eigenvalue weighted by atomic mass is 10.0. The van der Waals surface area contributed by atoms with Crippen LogP contribution in [0.4, 0.5) is 15.8 Å². The average Bonchev–Trinajstić information content (AvgIpc) is 2.40. The maximum absolute atomic E-state index is 13.9. The van der Waals surface area contributed by atoms with Crippen molar-refractivity contribution in [2.24, 2.45) is 5.92 Å². The molecule has 0 fully saturated rings. The Labute approximate surface area is 116 Å². The molecule has 1 unspecified atom stereocenters. The van der Waals surface area contributed by atoms with Gasteiger partial charge in [-0.25, -0.2) is 4.39 Å². The molecule has 0 aliphatic carbocycles. The fraction of sp³-hybridized carbons (Fsp3) is 0.429. The summed E-state index contributed by atoms with van der Waals surface area (Å²) < 4.78 is 13.9. The molecule has 1 aromatic carbocycles. The van der Waals surface area contributed by atoms with Gasteiger partial charge in [0.05, 0.1) is 5.69 Å². The monoisotopic (exact) mass is 279 g/mol. The third kappa shape index (κ3) is 3.14. The standard InChI is InChI=1S/C14H18FN3O2/c1-8(7-16-2)14(20)18-12-6-11-9(5-10(12)15)3-4-13(19)17-11/h5-6,8,16H,3-4,7H2,1-2H3,(H,17,19)(H,18,20). The summed E-state index contributed by atoms with van der Waals surface area (Å²) in [4.78, 5) is 23.2. The summed E-state index contributed by atoms with van der Waals surface area (Å²) in [6, 6.07) is 2.85. The van der Waals surface area contributed by atoms with Crippen LogP contribution >= 0.6 is 0 Å². The molecule has 0 bridgehead atoms. The largest absolute Gasteiger partial charge is 0.326 e. The summed E-state index contributed by atoms with van der Waals surface area (Å²) in [6.45, 7) is 2.26.